The predicted molar refractivity (Wildman–Crippen MR) is 103 cm³/mol. The van der Waals surface area contributed by atoms with Gasteiger partial charge in [0.05, 0.1) is 11.0 Å². The van der Waals surface area contributed by atoms with Crippen LogP contribution in [0.4, 0.5) is 4.79 Å². The van der Waals surface area contributed by atoms with Gasteiger partial charge in [-0.15, -0.1) is 0 Å². The molecule has 2 fully saturated rings. The number of benzene rings is 1. The summed E-state index contributed by atoms with van der Waals surface area (Å²) in [7, 11) is 0. The van der Waals surface area contributed by atoms with Gasteiger partial charge in [-0.3, -0.25) is 19.7 Å². The van der Waals surface area contributed by atoms with Crippen molar-refractivity contribution in [3.05, 3.63) is 40.9 Å². The summed E-state index contributed by atoms with van der Waals surface area (Å²) in [5.74, 6) is -0.482. The quantitative estimate of drug-likeness (QED) is 0.771. The van der Waals surface area contributed by atoms with E-state index in [1.165, 1.54) is 0 Å². The lowest BCUT2D eigenvalue weighted by Gasteiger charge is -2.11. The van der Waals surface area contributed by atoms with E-state index in [-0.39, 0.29) is 23.8 Å². The van der Waals surface area contributed by atoms with Crippen molar-refractivity contribution in [2.24, 2.45) is 0 Å². The lowest BCUT2D eigenvalue weighted by Crippen LogP contribution is -2.34. The second-order valence-corrected chi connectivity index (χ2v) is 7.54. The number of carbonyl (C=O) groups excluding carboxylic acids is 3. The number of aromatic nitrogens is 1. The van der Waals surface area contributed by atoms with E-state index >= 15 is 0 Å². The Bertz CT molecular complexity index is 944. The summed E-state index contributed by atoms with van der Waals surface area (Å²) < 4.78 is 7.38. The number of imide groups is 1. The molecule has 140 valence electrons. The second kappa shape index (κ2) is 7.58. The molecule has 27 heavy (non-hydrogen) atoms. The third-order valence-electron chi connectivity index (χ3n) is 4.61. The molecule has 2 aliphatic heterocycles. The van der Waals surface area contributed by atoms with Crippen LogP contribution in [0.5, 0.6) is 0 Å². The topological polar surface area (TPSA) is 89.4 Å². The van der Waals surface area contributed by atoms with Crippen LogP contribution in [0.2, 0.25) is 0 Å². The van der Waals surface area contributed by atoms with Gasteiger partial charge in [0.1, 0.15) is 6.54 Å². The van der Waals surface area contributed by atoms with Crippen molar-refractivity contribution in [3.8, 4) is 0 Å². The van der Waals surface area contributed by atoms with Crippen LogP contribution in [0.1, 0.15) is 18.4 Å². The fraction of sp³-hybridized carbons (Fsp3) is 0.316. The fourth-order valence-corrected chi connectivity index (χ4v) is 4.00. The molecule has 7 nitrogen and oxygen atoms in total. The van der Waals surface area contributed by atoms with Crippen LogP contribution in [-0.2, 0) is 20.9 Å². The summed E-state index contributed by atoms with van der Waals surface area (Å²) in [6.45, 7) is 1.46. The average Bonchev–Trinajstić information content (AvgIpc) is 3.35. The number of nitrogens with zero attached hydrogens (tertiary/aromatic N) is 1. The monoisotopic (exact) mass is 385 g/mol. The Morgan fingerprint density at radius 1 is 1.37 bits per heavy atom. The minimum Gasteiger partial charge on any atom is -0.376 e. The van der Waals surface area contributed by atoms with E-state index in [0.29, 0.717) is 11.4 Å². The average molecular weight is 385 g/mol. The van der Waals surface area contributed by atoms with E-state index in [4.69, 9.17) is 4.74 Å². The molecule has 1 aromatic carbocycles. The zero-order valence-corrected chi connectivity index (χ0v) is 15.4. The van der Waals surface area contributed by atoms with Crippen molar-refractivity contribution in [2.45, 2.75) is 25.5 Å². The second-order valence-electron chi connectivity index (χ2n) is 6.52. The Kier molecular flexibility index (Phi) is 5.00. The van der Waals surface area contributed by atoms with Crippen LogP contribution >= 0.6 is 11.8 Å². The third kappa shape index (κ3) is 3.91. The van der Waals surface area contributed by atoms with Crippen LogP contribution in [0.25, 0.3) is 17.0 Å². The predicted octanol–water partition coefficient (Wildman–Crippen LogP) is 2.26. The first-order valence-corrected chi connectivity index (χ1v) is 9.63. The van der Waals surface area contributed by atoms with E-state index in [9.17, 15) is 14.4 Å². The van der Waals surface area contributed by atoms with E-state index in [1.807, 2.05) is 35.0 Å². The third-order valence-corrected chi connectivity index (χ3v) is 5.42. The SMILES string of the molecule is O=C(Cn1cc(/C=C2\SC(=O)NC2=O)c2ccccc21)NC[C@@H]1CCCO1. The van der Waals surface area contributed by atoms with E-state index < -0.39 is 5.91 Å². The highest BCUT2D eigenvalue weighted by Crippen LogP contribution is 2.29. The van der Waals surface area contributed by atoms with Gasteiger partial charge < -0.3 is 14.6 Å². The molecule has 3 heterocycles. The van der Waals surface area contributed by atoms with Crippen molar-refractivity contribution in [2.75, 3.05) is 13.2 Å². The number of nitrogens with one attached hydrogen (secondary N) is 2. The Labute approximate surface area is 160 Å². The van der Waals surface area contributed by atoms with Crippen molar-refractivity contribution < 1.29 is 19.1 Å². The smallest absolute Gasteiger partial charge is 0.290 e. The molecule has 0 aliphatic carbocycles. The van der Waals surface area contributed by atoms with Gasteiger partial charge in [-0.2, -0.15) is 0 Å². The summed E-state index contributed by atoms with van der Waals surface area (Å²) >= 11 is 0.882. The highest BCUT2D eigenvalue weighted by molar-refractivity contribution is 8.18. The summed E-state index contributed by atoms with van der Waals surface area (Å²) in [5.41, 5.74) is 1.69. The lowest BCUT2D eigenvalue weighted by atomic mass is 10.1. The highest BCUT2D eigenvalue weighted by atomic mass is 32.2. The number of fused-ring (bicyclic) bond motifs is 1. The minimum absolute atomic E-state index is 0.0892. The number of ether oxygens (including phenoxy) is 1. The molecular weight excluding hydrogens is 366 g/mol. The maximum absolute atomic E-state index is 12.3. The molecule has 1 atom stereocenters. The van der Waals surface area contributed by atoms with Gasteiger partial charge in [0.15, 0.2) is 0 Å². The standard InChI is InChI=1S/C19H19N3O4S/c23-17(20-9-13-4-3-7-26-13)11-22-10-12(14-5-1-2-6-15(14)22)8-16-18(24)21-19(25)27-16/h1-2,5-6,8,10,13H,3-4,7,9,11H2,(H,20,23)(H,21,24,25)/b16-8-/t13-/m0/s1. The van der Waals surface area contributed by atoms with Gasteiger partial charge in [-0.05, 0) is 36.7 Å². The zero-order valence-electron chi connectivity index (χ0n) is 14.6. The number of hydrogen-bond donors (Lipinski definition) is 2. The summed E-state index contributed by atoms with van der Waals surface area (Å²) in [6.07, 6.45) is 5.64. The van der Waals surface area contributed by atoms with Crippen LogP contribution in [-0.4, -0.2) is 40.9 Å². The van der Waals surface area contributed by atoms with E-state index in [0.717, 1.165) is 47.7 Å². The molecule has 0 bridgehead atoms. The first-order chi connectivity index (χ1) is 13.1. The van der Waals surface area contributed by atoms with Crippen molar-refractivity contribution in [1.29, 1.82) is 0 Å². The Morgan fingerprint density at radius 2 is 2.22 bits per heavy atom. The Hall–Kier alpha value is -2.58. The molecule has 1 aromatic heterocycles. The molecule has 2 N–H and O–H groups in total. The Morgan fingerprint density at radius 3 is 2.96 bits per heavy atom. The first kappa shape index (κ1) is 17.8. The molecule has 4 rings (SSSR count). The van der Waals surface area contributed by atoms with Gasteiger partial charge in [0.2, 0.25) is 5.91 Å². The van der Waals surface area contributed by atoms with E-state index in [1.54, 1.807) is 6.08 Å². The maximum Gasteiger partial charge on any atom is 0.290 e. The summed E-state index contributed by atoms with van der Waals surface area (Å²) in [5, 5.41) is 5.72. The van der Waals surface area contributed by atoms with Gasteiger partial charge in [0, 0.05) is 35.8 Å². The molecule has 2 saturated heterocycles. The maximum atomic E-state index is 12.3. The van der Waals surface area contributed by atoms with Crippen LogP contribution < -0.4 is 10.6 Å². The van der Waals surface area contributed by atoms with Crippen LogP contribution in [0.15, 0.2) is 35.4 Å². The summed E-state index contributed by atoms with van der Waals surface area (Å²) in [6, 6.07) is 7.67. The van der Waals surface area contributed by atoms with Crippen LogP contribution in [0.3, 0.4) is 0 Å². The Balaban J connectivity index is 1.54. The van der Waals surface area contributed by atoms with Gasteiger partial charge >= 0.3 is 0 Å². The number of hydrogen-bond acceptors (Lipinski definition) is 5. The molecule has 0 saturated carbocycles. The molecule has 8 heteroatoms. The minimum atomic E-state index is -0.392. The normalized spacial score (nSPS) is 21.2. The number of rotatable bonds is 5. The molecule has 2 aromatic rings. The zero-order chi connectivity index (χ0) is 18.8. The van der Waals surface area contributed by atoms with Gasteiger partial charge in [-0.1, -0.05) is 18.2 Å². The molecule has 0 unspecified atom stereocenters. The molecule has 0 radical (unpaired) electrons. The number of amides is 3. The number of thioether (sulfide) groups is 1. The van der Waals surface area contributed by atoms with Crippen LogP contribution in [0, 0.1) is 0 Å². The highest BCUT2D eigenvalue weighted by Gasteiger charge is 2.25. The van der Waals surface area contributed by atoms with Crippen molar-refractivity contribution in [1.82, 2.24) is 15.2 Å². The molecular formula is C19H19N3O4S. The fourth-order valence-electron chi connectivity index (χ4n) is 3.33. The largest absolute Gasteiger partial charge is 0.376 e. The molecule has 0 spiro atoms. The lowest BCUT2D eigenvalue weighted by molar-refractivity contribution is -0.122. The van der Waals surface area contributed by atoms with Crippen molar-refractivity contribution in [3.63, 3.8) is 0 Å². The number of para-hydroxylation sites is 1. The van der Waals surface area contributed by atoms with Crippen molar-refractivity contribution >= 4 is 45.8 Å². The first-order valence-electron chi connectivity index (χ1n) is 8.81. The molecule has 3 amide bonds. The number of carbonyl (C=O) groups is 3. The van der Waals surface area contributed by atoms with E-state index in [2.05, 4.69) is 10.6 Å². The van der Waals surface area contributed by atoms with Gasteiger partial charge in [0.25, 0.3) is 11.1 Å². The molecule has 2 aliphatic rings. The summed E-state index contributed by atoms with van der Waals surface area (Å²) in [4.78, 5) is 35.9. The van der Waals surface area contributed by atoms with Gasteiger partial charge in [-0.25, -0.2) is 0 Å².